The monoisotopic (exact) mass is 368 g/mol. The summed E-state index contributed by atoms with van der Waals surface area (Å²) >= 11 is 0. The average molecular weight is 368 g/mol. The number of carboxylic acids is 1. The van der Waals surface area contributed by atoms with E-state index in [9.17, 15) is 19.2 Å². The Bertz CT molecular complexity index is 986. The number of hydrogen-bond acceptors (Lipinski definition) is 4. The molecule has 1 aliphatic carbocycles. The second-order valence-electron chi connectivity index (χ2n) is 7.57. The SMILES string of the molecule is CC1(C)CC(=O)c2cc(C(=O)Nc3ccc(CC(=O)O)cc3)c(=O)[nH]c2C1. The zero-order chi connectivity index (χ0) is 19.8. The Hall–Kier alpha value is -3.22. The number of hydrogen-bond donors (Lipinski definition) is 3. The Morgan fingerprint density at radius 3 is 2.44 bits per heavy atom. The molecule has 140 valence electrons. The number of aromatic nitrogens is 1. The molecule has 1 aliphatic rings. The summed E-state index contributed by atoms with van der Waals surface area (Å²) < 4.78 is 0. The van der Waals surface area contributed by atoms with Gasteiger partial charge in [0.05, 0.1) is 6.42 Å². The van der Waals surface area contributed by atoms with E-state index in [-0.39, 0.29) is 23.2 Å². The predicted octanol–water partition coefficient (Wildman–Crippen LogP) is 2.41. The minimum atomic E-state index is -0.944. The number of Topliss-reactive ketones (excluding diaryl/α,β-unsaturated/α-hetero) is 1. The van der Waals surface area contributed by atoms with Crippen LogP contribution >= 0.6 is 0 Å². The van der Waals surface area contributed by atoms with Gasteiger partial charge in [-0.25, -0.2) is 0 Å². The van der Waals surface area contributed by atoms with Crippen LogP contribution in [-0.4, -0.2) is 27.8 Å². The Morgan fingerprint density at radius 2 is 1.81 bits per heavy atom. The van der Waals surface area contributed by atoms with Crippen LogP contribution in [0.15, 0.2) is 35.1 Å². The van der Waals surface area contributed by atoms with E-state index in [1.807, 2.05) is 13.8 Å². The molecule has 0 spiro atoms. The van der Waals surface area contributed by atoms with Crippen molar-refractivity contribution in [2.75, 3.05) is 5.32 Å². The first-order chi connectivity index (χ1) is 12.6. The molecule has 0 atom stereocenters. The zero-order valence-corrected chi connectivity index (χ0v) is 15.1. The van der Waals surface area contributed by atoms with Crippen LogP contribution < -0.4 is 10.9 Å². The third-order valence-corrected chi connectivity index (χ3v) is 4.53. The van der Waals surface area contributed by atoms with Gasteiger partial charge in [0.25, 0.3) is 11.5 Å². The van der Waals surface area contributed by atoms with Crippen LogP contribution in [0.4, 0.5) is 5.69 Å². The van der Waals surface area contributed by atoms with Crippen LogP contribution in [-0.2, 0) is 17.6 Å². The number of aromatic amines is 1. The molecule has 7 nitrogen and oxygen atoms in total. The highest BCUT2D eigenvalue weighted by molar-refractivity contribution is 6.06. The molecule has 0 saturated carbocycles. The van der Waals surface area contributed by atoms with Gasteiger partial charge in [0.2, 0.25) is 0 Å². The first-order valence-electron chi connectivity index (χ1n) is 8.56. The molecule has 2 aromatic rings. The smallest absolute Gasteiger partial charge is 0.307 e. The summed E-state index contributed by atoms with van der Waals surface area (Å²) in [4.78, 5) is 50.6. The Morgan fingerprint density at radius 1 is 1.15 bits per heavy atom. The van der Waals surface area contributed by atoms with Crippen LogP contribution in [0.5, 0.6) is 0 Å². The lowest BCUT2D eigenvalue weighted by molar-refractivity contribution is -0.136. The molecule has 1 aromatic heterocycles. The predicted molar refractivity (Wildman–Crippen MR) is 99.2 cm³/mol. The Kier molecular flexibility index (Phi) is 4.70. The average Bonchev–Trinajstić information content (AvgIpc) is 2.54. The number of fused-ring (bicyclic) bond motifs is 1. The summed E-state index contributed by atoms with van der Waals surface area (Å²) in [5.74, 6) is -1.66. The quantitative estimate of drug-likeness (QED) is 0.766. The summed E-state index contributed by atoms with van der Waals surface area (Å²) in [6.07, 6.45) is 0.811. The van der Waals surface area contributed by atoms with Gasteiger partial charge in [0, 0.05) is 23.4 Å². The van der Waals surface area contributed by atoms with Gasteiger partial charge < -0.3 is 15.4 Å². The van der Waals surface area contributed by atoms with Crippen molar-refractivity contribution in [1.82, 2.24) is 4.98 Å². The van der Waals surface area contributed by atoms with Crippen molar-refractivity contribution in [2.24, 2.45) is 5.41 Å². The second-order valence-corrected chi connectivity index (χ2v) is 7.57. The molecule has 3 rings (SSSR count). The van der Waals surface area contributed by atoms with Gasteiger partial charge in [0.1, 0.15) is 5.56 Å². The van der Waals surface area contributed by atoms with Gasteiger partial charge in [-0.1, -0.05) is 26.0 Å². The molecule has 27 heavy (non-hydrogen) atoms. The van der Waals surface area contributed by atoms with Crippen LogP contribution in [0.25, 0.3) is 0 Å². The highest BCUT2D eigenvalue weighted by Gasteiger charge is 2.32. The molecular weight excluding hydrogens is 348 g/mol. The largest absolute Gasteiger partial charge is 0.481 e. The Labute approximate surface area is 155 Å². The van der Waals surface area contributed by atoms with E-state index >= 15 is 0 Å². The highest BCUT2D eigenvalue weighted by atomic mass is 16.4. The first kappa shape index (κ1) is 18.6. The number of anilines is 1. The lowest BCUT2D eigenvalue weighted by atomic mass is 9.75. The van der Waals surface area contributed by atoms with E-state index in [1.165, 1.54) is 6.07 Å². The van der Waals surface area contributed by atoms with Gasteiger partial charge in [-0.05, 0) is 35.6 Å². The summed E-state index contributed by atoms with van der Waals surface area (Å²) in [6, 6.07) is 7.67. The molecule has 0 radical (unpaired) electrons. The van der Waals surface area contributed by atoms with Crippen LogP contribution in [0, 0.1) is 5.41 Å². The molecule has 1 amide bonds. The summed E-state index contributed by atoms with van der Waals surface area (Å²) in [7, 11) is 0. The van der Waals surface area contributed by atoms with Crippen LogP contribution in [0.1, 0.15) is 52.2 Å². The van der Waals surface area contributed by atoms with E-state index in [1.54, 1.807) is 24.3 Å². The maximum absolute atomic E-state index is 12.5. The van der Waals surface area contributed by atoms with Crippen molar-refractivity contribution in [3.63, 3.8) is 0 Å². The fourth-order valence-electron chi connectivity index (χ4n) is 3.28. The van der Waals surface area contributed by atoms with E-state index in [0.717, 1.165) is 0 Å². The van der Waals surface area contributed by atoms with E-state index < -0.39 is 17.4 Å². The lowest BCUT2D eigenvalue weighted by Crippen LogP contribution is -2.32. The van der Waals surface area contributed by atoms with E-state index in [2.05, 4.69) is 10.3 Å². The maximum atomic E-state index is 12.5. The van der Waals surface area contributed by atoms with Crippen molar-refractivity contribution in [3.8, 4) is 0 Å². The fraction of sp³-hybridized carbons (Fsp3) is 0.300. The Balaban J connectivity index is 1.83. The number of H-pyrrole nitrogens is 1. The first-order valence-corrected chi connectivity index (χ1v) is 8.56. The van der Waals surface area contributed by atoms with Crippen LogP contribution in [0.2, 0.25) is 0 Å². The van der Waals surface area contributed by atoms with Crippen molar-refractivity contribution in [3.05, 3.63) is 63.1 Å². The van der Waals surface area contributed by atoms with E-state index in [0.29, 0.717) is 35.3 Å². The third kappa shape index (κ3) is 4.13. The summed E-state index contributed by atoms with van der Waals surface area (Å²) in [6.45, 7) is 3.92. The second kappa shape index (κ2) is 6.83. The maximum Gasteiger partial charge on any atom is 0.307 e. The molecule has 1 aromatic carbocycles. The zero-order valence-electron chi connectivity index (χ0n) is 15.1. The molecule has 0 saturated heterocycles. The summed E-state index contributed by atoms with van der Waals surface area (Å²) in [5.41, 5.74) is 1.08. The number of rotatable bonds is 4. The number of carbonyl (C=O) groups excluding carboxylic acids is 2. The van der Waals surface area contributed by atoms with Gasteiger partial charge in [0.15, 0.2) is 5.78 Å². The number of pyridine rings is 1. The third-order valence-electron chi connectivity index (χ3n) is 4.53. The van der Waals surface area contributed by atoms with E-state index in [4.69, 9.17) is 5.11 Å². The molecule has 0 aliphatic heterocycles. The molecule has 7 heteroatoms. The molecule has 3 N–H and O–H groups in total. The van der Waals surface area contributed by atoms with Gasteiger partial charge in [-0.2, -0.15) is 0 Å². The standard InChI is InChI=1S/C20H20N2O5/c1-20(2)9-15-13(16(23)10-20)8-14(19(27)22-15)18(26)21-12-5-3-11(4-6-12)7-17(24)25/h3-6,8H,7,9-10H2,1-2H3,(H,21,26)(H,22,27)(H,24,25). The van der Waals surface area contributed by atoms with Gasteiger partial charge in [-0.15, -0.1) is 0 Å². The fourth-order valence-corrected chi connectivity index (χ4v) is 3.28. The van der Waals surface area contributed by atoms with Gasteiger partial charge >= 0.3 is 5.97 Å². The molecule has 0 unspecified atom stereocenters. The van der Waals surface area contributed by atoms with Crippen molar-refractivity contribution < 1.29 is 19.5 Å². The number of benzene rings is 1. The number of nitrogens with one attached hydrogen (secondary N) is 2. The number of amides is 1. The number of aliphatic carboxylic acids is 1. The number of carbonyl (C=O) groups is 3. The number of ketones is 1. The van der Waals surface area contributed by atoms with Crippen LogP contribution in [0.3, 0.4) is 0 Å². The molecule has 0 bridgehead atoms. The summed E-state index contributed by atoms with van der Waals surface area (Å²) in [5, 5.41) is 11.4. The minimum absolute atomic E-state index is 0.0930. The van der Waals surface area contributed by atoms with Crippen molar-refractivity contribution in [2.45, 2.75) is 33.1 Å². The normalized spacial score (nSPS) is 15.1. The van der Waals surface area contributed by atoms with Gasteiger partial charge in [-0.3, -0.25) is 19.2 Å². The molecular formula is C20H20N2O5. The molecule has 0 fully saturated rings. The lowest BCUT2D eigenvalue weighted by Gasteiger charge is -2.29. The topological polar surface area (TPSA) is 116 Å². The van der Waals surface area contributed by atoms with Crippen molar-refractivity contribution in [1.29, 1.82) is 0 Å². The minimum Gasteiger partial charge on any atom is -0.481 e. The molecule has 1 heterocycles. The van der Waals surface area contributed by atoms with Crippen molar-refractivity contribution >= 4 is 23.3 Å². The number of carboxylic acid groups (broad SMARTS) is 1. The highest BCUT2D eigenvalue weighted by Crippen LogP contribution is 2.33.